The maximum Gasteiger partial charge on any atom is 0.451 e. The van der Waals surface area contributed by atoms with Crippen molar-refractivity contribution in [1.29, 1.82) is 0 Å². The third-order valence-electron chi connectivity index (χ3n) is 3.71. The van der Waals surface area contributed by atoms with Crippen LogP contribution in [0.3, 0.4) is 0 Å². The molecule has 0 unspecified atom stereocenters. The smallest absolute Gasteiger partial charge is 0.274 e. The second-order valence-corrected chi connectivity index (χ2v) is 5.19. The van der Waals surface area contributed by atoms with Gasteiger partial charge in [0.25, 0.3) is 11.8 Å². The van der Waals surface area contributed by atoms with Crippen LogP contribution in [0.5, 0.6) is 0 Å². The van der Waals surface area contributed by atoms with Gasteiger partial charge in [0.2, 0.25) is 5.82 Å². The molecular formula is C14H11F3N4O3. The standard InChI is InChI=1S/C14H11F3N4O3/c1-19-12(14(15,16)17)18-21(13(19)24)7-6-20-10(22)8-4-2-3-5-9(8)11(20)23/h2-5H,6-7H2,1H3. The number of rotatable bonds is 3. The molecule has 0 aliphatic carbocycles. The van der Waals surface area contributed by atoms with Crippen LogP contribution in [0.4, 0.5) is 13.2 Å². The molecule has 1 aromatic heterocycles. The number of hydrogen-bond acceptors (Lipinski definition) is 4. The van der Waals surface area contributed by atoms with Gasteiger partial charge in [-0.2, -0.15) is 13.2 Å². The third-order valence-corrected chi connectivity index (χ3v) is 3.71. The minimum atomic E-state index is -4.77. The van der Waals surface area contributed by atoms with Crippen LogP contribution in [-0.2, 0) is 19.8 Å². The van der Waals surface area contributed by atoms with E-state index in [-0.39, 0.29) is 24.2 Å². The van der Waals surface area contributed by atoms with Gasteiger partial charge < -0.3 is 0 Å². The summed E-state index contributed by atoms with van der Waals surface area (Å²) in [5.41, 5.74) is -0.516. The van der Waals surface area contributed by atoms with Crippen LogP contribution in [-0.4, -0.2) is 37.6 Å². The van der Waals surface area contributed by atoms with Gasteiger partial charge >= 0.3 is 11.9 Å². The van der Waals surface area contributed by atoms with Crippen LogP contribution < -0.4 is 5.69 Å². The van der Waals surface area contributed by atoms with Gasteiger partial charge in [0.05, 0.1) is 17.7 Å². The van der Waals surface area contributed by atoms with Crippen LogP contribution in [0, 0.1) is 0 Å². The number of carbonyl (C=O) groups is 2. The molecule has 0 atom stereocenters. The molecule has 1 aromatic carbocycles. The number of alkyl halides is 3. The summed E-state index contributed by atoms with van der Waals surface area (Å²) in [5, 5.41) is 3.23. The Balaban J connectivity index is 1.82. The molecule has 0 saturated heterocycles. The Hall–Kier alpha value is -2.91. The summed E-state index contributed by atoms with van der Waals surface area (Å²) in [6.45, 7) is -0.575. The van der Waals surface area contributed by atoms with Crippen LogP contribution in [0.25, 0.3) is 0 Å². The second-order valence-electron chi connectivity index (χ2n) is 5.19. The molecule has 0 fully saturated rings. The number of benzene rings is 1. The summed E-state index contributed by atoms with van der Waals surface area (Å²) in [6.07, 6.45) is -4.77. The molecule has 3 rings (SSSR count). The highest BCUT2D eigenvalue weighted by Crippen LogP contribution is 2.26. The number of fused-ring (bicyclic) bond motifs is 1. The fourth-order valence-corrected chi connectivity index (χ4v) is 2.52. The maximum absolute atomic E-state index is 12.7. The van der Waals surface area contributed by atoms with Crippen LogP contribution in [0.15, 0.2) is 29.1 Å². The molecule has 0 radical (unpaired) electrons. The number of imide groups is 1. The van der Waals surface area contributed by atoms with Crippen molar-refractivity contribution in [3.8, 4) is 0 Å². The predicted octanol–water partition coefficient (Wildman–Crippen LogP) is 0.897. The average Bonchev–Trinajstić information content (AvgIpc) is 2.95. The lowest BCUT2D eigenvalue weighted by atomic mass is 10.1. The first-order chi connectivity index (χ1) is 11.2. The van der Waals surface area contributed by atoms with Gasteiger partial charge in [-0.25, -0.2) is 9.48 Å². The van der Waals surface area contributed by atoms with E-state index in [2.05, 4.69) is 5.10 Å². The Morgan fingerprint density at radius 1 is 1.00 bits per heavy atom. The Kier molecular flexibility index (Phi) is 3.54. The van der Waals surface area contributed by atoms with Crippen molar-refractivity contribution in [3.05, 3.63) is 51.7 Å². The summed E-state index contributed by atoms with van der Waals surface area (Å²) < 4.78 is 39.2. The first-order valence-corrected chi connectivity index (χ1v) is 6.88. The third kappa shape index (κ3) is 2.39. The number of carbonyl (C=O) groups excluding carboxylic acids is 2. The van der Waals surface area contributed by atoms with E-state index in [0.717, 1.165) is 11.9 Å². The molecule has 126 valence electrons. The molecule has 2 heterocycles. The number of aromatic nitrogens is 3. The first kappa shape index (κ1) is 16.0. The molecule has 2 aromatic rings. The number of halogens is 3. The van der Waals surface area contributed by atoms with Gasteiger partial charge in [0.15, 0.2) is 0 Å². The van der Waals surface area contributed by atoms with Gasteiger partial charge in [-0.1, -0.05) is 12.1 Å². The number of amides is 2. The van der Waals surface area contributed by atoms with E-state index in [1.165, 1.54) is 12.1 Å². The minimum Gasteiger partial charge on any atom is -0.274 e. The van der Waals surface area contributed by atoms with Crippen molar-refractivity contribution in [2.24, 2.45) is 7.05 Å². The van der Waals surface area contributed by atoms with E-state index in [1.807, 2.05) is 0 Å². The number of nitrogens with zero attached hydrogens (tertiary/aromatic N) is 4. The van der Waals surface area contributed by atoms with Gasteiger partial charge in [0.1, 0.15) is 0 Å². The Morgan fingerprint density at radius 3 is 2.00 bits per heavy atom. The maximum atomic E-state index is 12.7. The van der Waals surface area contributed by atoms with Gasteiger partial charge in [-0.3, -0.25) is 19.1 Å². The predicted molar refractivity (Wildman–Crippen MR) is 74.3 cm³/mol. The average molecular weight is 340 g/mol. The zero-order valence-electron chi connectivity index (χ0n) is 12.4. The van der Waals surface area contributed by atoms with Crippen molar-refractivity contribution < 1.29 is 22.8 Å². The summed E-state index contributed by atoms with van der Waals surface area (Å²) in [5.74, 6) is -2.43. The quantitative estimate of drug-likeness (QED) is 0.778. The normalized spacial score (nSPS) is 14.4. The van der Waals surface area contributed by atoms with Crippen molar-refractivity contribution in [3.63, 3.8) is 0 Å². The Morgan fingerprint density at radius 2 is 1.54 bits per heavy atom. The lowest BCUT2D eigenvalue weighted by Crippen LogP contribution is -2.35. The molecule has 1 aliphatic rings. The zero-order valence-corrected chi connectivity index (χ0v) is 12.4. The van der Waals surface area contributed by atoms with E-state index >= 15 is 0 Å². The fraction of sp³-hybridized carbons (Fsp3) is 0.286. The Labute approximate surface area is 132 Å². The molecule has 1 aliphatic heterocycles. The van der Waals surface area contributed by atoms with E-state index in [1.54, 1.807) is 12.1 Å². The van der Waals surface area contributed by atoms with E-state index in [9.17, 15) is 27.6 Å². The summed E-state index contributed by atoms with van der Waals surface area (Å²) in [6, 6.07) is 6.19. The monoisotopic (exact) mass is 340 g/mol. The van der Waals surface area contributed by atoms with Crippen LogP contribution in [0.1, 0.15) is 26.5 Å². The minimum absolute atomic E-state index is 0.229. The highest BCUT2D eigenvalue weighted by atomic mass is 19.4. The largest absolute Gasteiger partial charge is 0.451 e. The van der Waals surface area contributed by atoms with E-state index < -0.39 is 29.5 Å². The molecule has 2 amide bonds. The molecule has 10 heteroatoms. The van der Waals surface area contributed by atoms with Gasteiger partial charge in [0, 0.05) is 13.6 Å². The lowest BCUT2D eigenvalue weighted by Gasteiger charge is -2.12. The summed E-state index contributed by atoms with van der Waals surface area (Å²) in [4.78, 5) is 37.0. The van der Waals surface area contributed by atoms with Crippen LogP contribution in [0.2, 0.25) is 0 Å². The molecular weight excluding hydrogens is 329 g/mol. The van der Waals surface area contributed by atoms with Gasteiger partial charge in [-0.15, -0.1) is 5.10 Å². The van der Waals surface area contributed by atoms with Crippen molar-refractivity contribution >= 4 is 11.8 Å². The first-order valence-electron chi connectivity index (χ1n) is 6.88. The van der Waals surface area contributed by atoms with Gasteiger partial charge in [-0.05, 0) is 12.1 Å². The SMILES string of the molecule is Cn1c(C(F)(F)F)nn(CCN2C(=O)c3ccccc3C2=O)c1=O. The fourth-order valence-electron chi connectivity index (χ4n) is 2.52. The molecule has 0 saturated carbocycles. The molecule has 24 heavy (non-hydrogen) atoms. The Bertz CT molecular complexity index is 862. The summed E-state index contributed by atoms with van der Waals surface area (Å²) in [7, 11) is 0.955. The van der Waals surface area contributed by atoms with E-state index in [4.69, 9.17) is 0 Å². The van der Waals surface area contributed by atoms with Crippen LogP contribution >= 0.6 is 0 Å². The molecule has 0 spiro atoms. The summed E-state index contributed by atoms with van der Waals surface area (Å²) >= 11 is 0. The highest BCUT2D eigenvalue weighted by molar-refractivity contribution is 6.21. The number of hydrogen-bond donors (Lipinski definition) is 0. The molecule has 7 nitrogen and oxygen atoms in total. The van der Waals surface area contributed by atoms with E-state index in [0.29, 0.717) is 9.25 Å². The zero-order chi connectivity index (χ0) is 17.6. The van der Waals surface area contributed by atoms with Crippen molar-refractivity contribution in [2.45, 2.75) is 12.7 Å². The molecule has 0 N–H and O–H groups in total. The van der Waals surface area contributed by atoms with Crippen molar-refractivity contribution in [1.82, 2.24) is 19.2 Å². The topological polar surface area (TPSA) is 77.2 Å². The lowest BCUT2D eigenvalue weighted by molar-refractivity contribution is -0.147. The van der Waals surface area contributed by atoms with Crippen molar-refractivity contribution in [2.75, 3.05) is 6.54 Å². The molecule has 0 bridgehead atoms. The highest BCUT2D eigenvalue weighted by Gasteiger charge is 2.39. The second kappa shape index (κ2) is 5.32.